The predicted molar refractivity (Wildman–Crippen MR) is 63.2 cm³/mol. The highest BCUT2D eigenvalue weighted by Crippen LogP contribution is 2.18. The summed E-state index contributed by atoms with van der Waals surface area (Å²) < 4.78 is 5.15. The van der Waals surface area contributed by atoms with Gasteiger partial charge in [-0.05, 0) is 24.6 Å². The molecule has 0 heterocycles. The number of nitrogens with two attached hydrogens (primary N) is 1. The van der Waals surface area contributed by atoms with Crippen molar-refractivity contribution in [3.63, 3.8) is 0 Å². The van der Waals surface area contributed by atoms with Crippen LogP contribution in [0.5, 0.6) is 5.75 Å². The van der Waals surface area contributed by atoms with Crippen LogP contribution in [0, 0.1) is 0 Å². The number of ether oxygens (including phenoxy) is 1. The summed E-state index contributed by atoms with van der Waals surface area (Å²) in [6.45, 7) is 2.63. The molecular formula is C12H18N2O2. The Kier molecular flexibility index (Phi) is 4.79. The third-order valence-corrected chi connectivity index (χ3v) is 2.42. The molecule has 0 radical (unpaired) electrons. The molecule has 0 aliphatic rings. The van der Waals surface area contributed by atoms with E-state index in [4.69, 9.17) is 10.5 Å². The molecule has 4 nitrogen and oxygen atoms in total. The molecule has 3 N–H and O–H groups in total. The molecule has 4 heteroatoms. The molecule has 0 aliphatic carbocycles. The molecular weight excluding hydrogens is 204 g/mol. The quantitative estimate of drug-likeness (QED) is 0.760. The van der Waals surface area contributed by atoms with Gasteiger partial charge in [0.15, 0.2) is 0 Å². The van der Waals surface area contributed by atoms with Gasteiger partial charge in [-0.15, -0.1) is 0 Å². The second kappa shape index (κ2) is 6.12. The first-order valence-electron chi connectivity index (χ1n) is 5.29. The van der Waals surface area contributed by atoms with Crippen molar-refractivity contribution < 1.29 is 9.53 Å². The van der Waals surface area contributed by atoms with Gasteiger partial charge in [0.1, 0.15) is 5.75 Å². The Bertz CT molecular complexity index is 353. The Morgan fingerprint density at radius 1 is 1.56 bits per heavy atom. The molecule has 0 bridgehead atoms. The van der Waals surface area contributed by atoms with Crippen molar-refractivity contribution in [2.24, 2.45) is 5.73 Å². The maximum Gasteiger partial charge on any atom is 0.218 e. The van der Waals surface area contributed by atoms with Crippen LogP contribution >= 0.6 is 0 Å². The van der Waals surface area contributed by atoms with Crippen molar-refractivity contribution >= 4 is 5.91 Å². The smallest absolute Gasteiger partial charge is 0.218 e. The Hall–Kier alpha value is -1.55. The molecule has 0 aromatic heterocycles. The van der Waals surface area contributed by atoms with Crippen LogP contribution in [0.25, 0.3) is 0 Å². The Balaban J connectivity index is 2.51. The average molecular weight is 222 g/mol. The van der Waals surface area contributed by atoms with E-state index in [2.05, 4.69) is 5.32 Å². The SMILES string of the molecule is COc1cccc([C@@H](C)NCCC(N)=O)c1. The molecule has 1 rings (SSSR count). The van der Waals surface area contributed by atoms with Gasteiger partial charge in [0, 0.05) is 19.0 Å². The van der Waals surface area contributed by atoms with E-state index < -0.39 is 0 Å². The number of rotatable bonds is 6. The van der Waals surface area contributed by atoms with Crippen LogP contribution in [0.15, 0.2) is 24.3 Å². The molecule has 0 saturated carbocycles. The van der Waals surface area contributed by atoms with E-state index in [-0.39, 0.29) is 11.9 Å². The minimum Gasteiger partial charge on any atom is -0.497 e. The normalized spacial score (nSPS) is 12.1. The third-order valence-electron chi connectivity index (χ3n) is 2.42. The van der Waals surface area contributed by atoms with Gasteiger partial charge in [0.05, 0.1) is 7.11 Å². The highest BCUT2D eigenvalue weighted by Gasteiger charge is 2.05. The first-order chi connectivity index (χ1) is 7.63. The zero-order valence-corrected chi connectivity index (χ0v) is 9.69. The summed E-state index contributed by atoms with van der Waals surface area (Å²) >= 11 is 0. The van der Waals surface area contributed by atoms with E-state index in [0.717, 1.165) is 11.3 Å². The number of benzene rings is 1. The van der Waals surface area contributed by atoms with Crippen LogP contribution in [0.1, 0.15) is 24.9 Å². The van der Waals surface area contributed by atoms with Gasteiger partial charge >= 0.3 is 0 Å². The van der Waals surface area contributed by atoms with Gasteiger partial charge in [-0.1, -0.05) is 12.1 Å². The number of hydrogen-bond donors (Lipinski definition) is 2. The van der Waals surface area contributed by atoms with Crippen molar-refractivity contribution in [3.05, 3.63) is 29.8 Å². The van der Waals surface area contributed by atoms with Gasteiger partial charge < -0.3 is 15.8 Å². The summed E-state index contributed by atoms with van der Waals surface area (Å²) in [5, 5.41) is 3.23. The molecule has 88 valence electrons. The number of nitrogens with one attached hydrogen (secondary N) is 1. The Morgan fingerprint density at radius 2 is 2.31 bits per heavy atom. The minimum atomic E-state index is -0.287. The fourth-order valence-corrected chi connectivity index (χ4v) is 1.44. The zero-order chi connectivity index (χ0) is 12.0. The summed E-state index contributed by atoms with van der Waals surface area (Å²) in [5.74, 6) is 0.548. The lowest BCUT2D eigenvalue weighted by molar-refractivity contribution is -0.117. The molecule has 1 atom stereocenters. The lowest BCUT2D eigenvalue weighted by Crippen LogP contribution is -2.24. The van der Waals surface area contributed by atoms with E-state index in [0.29, 0.717) is 13.0 Å². The van der Waals surface area contributed by atoms with Crippen LogP contribution in [0.3, 0.4) is 0 Å². The van der Waals surface area contributed by atoms with E-state index in [1.54, 1.807) is 7.11 Å². The van der Waals surface area contributed by atoms with E-state index >= 15 is 0 Å². The molecule has 16 heavy (non-hydrogen) atoms. The maximum atomic E-state index is 10.6. The third kappa shape index (κ3) is 3.90. The number of methoxy groups -OCH3 is 1. The lowest BCUT2D eigenvalue weighted by Gasteiger charge is -2.14. The van der Waals surface area contributed by atoms with Crippen molar-refractivity contribution in [3.8, 4) is 5.75 Å². The largest absolute Gasteiger partial charge is 0.497 e. The number of carbonyl (C=O) groups is 1. The average Bonchev–Trinajstić information content (AvgIpc) is 2.28. The zero-order valence-electron chi connectivity index (χ0n) is 9.69. The summed E-state index contributed by atoms with van der Waals surface area (Å²) in [6.07, 6.45) is 0.355. The molecule has 1 amide bonds. The monoisotopic (exact) mass is 222 g/mol. The van der Waals surface area contributed by atoms with E-state index in [1.807, 2.05) is 31.2 Å². The second-order valence-electron chi connectivity index (χ2n) is 3.67. The van der Waals surface area contributed by atoms with Gasteiger partial charge in [-0.25, -0.2) is 0 Å². The van der Waals surface area contributed by atoms with Crippen LogP contribution < -0.4 is 15.8 Å². The number of carbonyl (C=O) groups excluding carboxylic acids is 1. The summed E-state index contributed by atoms with van der Waals surface area (Å²) in [7, 11) is 1.64. The van der Waals surface area contributed by atoms with Crippen LogP contribution in [-0.4, -0.2) is 19.6 Å². The number of amides is 1. The van der Waals surface area contributed by atoms with Crippen molar-refractivity contribution in [1.29, 1.82) is 0 Å². The molecule has 0 unspecified atom stereocenters. The van der Waals surface area contributed by atoms with Gasteiger partial charge in [0.25, 0.3) is 0 Å². The van der Waals surface area contributed by atoms with Crippen LogP contribution in [0.2, 0.25) is 0 Å². The summed E-state index contributed by atoms with van der Waals surface area (Å²) in [5.41, 5.74) is 6.19. The maximum absolute atomic E-state index is 10.6. The highest BCUT2D eigenvalue weighted by molar-refractivity contribution is 5.73. The molecule has 0 aliphatic heterocycles. The Labute approximate surface area is 95.8 Å². The lowest BCUT2D eigenvalue weighted by atomic mass is 10.1. The highest BCUT2D eigenvalue weighted by atomic mass is 16.5. The number of hydrogen-bond acceptors (Lipinski definition) is 3. The fraction of sp³-hybridized carbons (Fsp3) is 0.417. The van der Waals surface area contributed by atoms with E-state index in [1.165, 1.54) is 0 Å². The first kappa shape index (κ1) is 12.5. The van der Waals surface area contributed by atoms with Crippen LogP contribution in [0.4, 0.5) is 0 Å². The molecule has 0 fully saturated rings. The van der Waals surface area contributed by atoms with E-state index in [9.17, 15) is 4.79 Å². The molecule has 0 spiro atoms. The predicted octanol–water partition coefficient (Wildman–Crippen LogP) is 1.22. The molecule has 1 aromatic rings. The Morgan fingerprint density at radius 3 is 2.94 bits per heavy atom. The van der Waals surface area contributed by atoms with Gasteiger partial charge in [-0.3, -0.25) is 4.79 Å². The van der Waals surface area contributed by atoms with Crippen LogP contribution in [-0.2, 0) is 4.79 Å². The topological polar surface area (TPSA) is 64.3 Å². The number of primary amides is 1. The van der Waals surface area contributed by atoms with Crippen molar-refractivity contribution in [2.45, 2.75) is 19.4 Å². The summed E-state index contributed by atoms with van der Waals surface area (Å²) in [6, 6.07) is 8.02. The summed E-state index contributed by atoms with van der Waals surface area (Å²) in [4.78, 5) is 10.6. The van der Waals surface area contributed by atoms with Gasteiger partial charge in [0.2, 0.25) is 5.91 Å². The minimum absolute atomic E-state index is 0.175. The fourth-order valence-electron chi connectivity index (χ4n) is 1.44. The second-order valence-corrected chi connectivity index (χ2v) is 3.67. The standard InChI is InChI=1S/C12H18N2O2/c1-9(14-7-6-12(13)15)10-4-3-5-11(8-10)16-2/h3-5,8-9,14H,6-7H2,1-2H3,(H2,13,15)/t9-/m1/s1. The van der Waals surface area contributed by atoms with Crippen molar-refractivity contribution in [1.82, 2.24) is 5.32 Å². The van der Waals surface area contributed by atoms with Gasteiger partial charge in [-0.2, -0.15) is 0 Å². The van der Waals surface area contributed by atoms with Crippen molar-refractivity contribution in [2.75, 3.05) is 13.7 Å². The molecule has 0 saturated heterocycles. The first-order valence-corrected chi connectivity index (χ1v) is 5.29. The molecule has 1 aromatic carbocycles.